The second kappa shape index (κ2) is 8.53. The van der Waals surface area contributed by atoms with E-state index in [0.717, 1.165) is 4.47 Å². The smallest absolute Gasteiger partial charge is 0.292 e. The minimum absolute atomic E-state index is 0.423. The fraction of sp³-hybridized carbons (Fsp3) is 0.222. The van der Waals surface area contributed by atoms with Crippen LogP contribution in [0.15, 0.2) is 59.1 Å². The fourth-order valence-corrected chi connectivity index (χ4v) is 2.79. The molecule has 130 valence electrons. The van der Waals surface area contributed by atoms with Crippen molar-refractivity contribution in [2.45, 2.75) is 12.8 Å². The van der Waals surface area contributed by atoms with Crippen LogP contribution in [0, 0.1) is 16.0 Å². The van der Waals surface area contributed by atoms with Crippen LogP contribution in [-0.2, 0) is 9.59 Å². The first-order valence-electron chi connectivity index (χ1n) is 7.66. The molecule has 2 aromatic carbocycles. The van der Waals surface area contributed by atoms with Crippen molar-refractivity contribution in [3.63, 3.8) is 0 Å². The third-order valence-electron chi connectivity index (χ3n) is 3.92. The van der Waals surface area contributed by atoms with Crippen molar-refractivity contribution < 1.29 is 14.5 Å². The van der Waals surface area contributed by atoms with Crippen LogP contribution >= 0.6 is 15.9 Å². The highest BCUT2D eigenvalue weighted by Crippen LogP contribution is 2.27. The van der Waals surface area contributed by atoms with E-state index < -0.39 is 35.0 Å². The molecule has 0 heterocycles. The van der Waals surface area contributed by atoms with Crippen LogP contribution in [-0.4, -0.2) is 23.2 Å². The number of ketones is 1. The summed E-state index contributed by atoms with van der Waals surface area (Å²) in [6.45, 7) is 1.12. The van der Waals surface area contributed by atoms with Gasteiger partial charge in [0.05, 0.1) is 5.92 Å². The third kappa shape index (κ3) is 5.22. The van der Waals surface area contributed by atoms with Gasteiger partial charge in [-0.05, 0) is 29.8 Å². The molecule has 2 rings (SSSR count). The number of amides is 1. The van der Waals surface area contributed by atoms with E-state index in [1.807, 2.05) is 0 Å². The molecule has 0 aromatic heterocycles. The maximum Gasteiger partial charge on any atom is 0.292 e. The van der Waals surface area contributed by atoms with E-state index in [1.54, 1.807) is 61.5 Å². The lowest BCUT2D eigenvalue weighted by atomic mass is 9.84. The summed E-state index contributed by atoms with van der Waals surface area (Å²) < 4.78 is 0.830. The fourth-order valence-electron chi connectivity index (χ4n) is 2.53. The number of para-hydroxylation sites is 1. The first-order valence-corrected chi connectivity index (χ1v) is 8.45. The quantitative estimate of drug-likeness (QED) is 0.433. The molecule has 1 N–H and O–H groups in total. The van der Waals surface area contributed by atoms with Crippen molar-refractivity contribution in [2.75, 3.05) is 11.9 Å². The van der Waals surface area contributed by atoms with Crippen LogP contribution in [0.4, 0.5) is 5.69 Å². The molecular formula is C18H17BrN2O4. The van der Waals surface area contributed by atoms with Crippen LogP contribution in [0.5, 0.6) is 0 Å². The Morgan fingerprint density at radius 2 is 1.72 bits per heavy atom. The summed E-state index contributed by atoms with van der Waals surface area (Å²) in [4.78, 5) is 35.2. The summed E-state index contributed by atoms with van der Waals surface area (Å²) in [6.07, 6.45) is 0. The number of carbonyl (C=O) groups is 2. The predicted octanol–water partition coefficient (Wildman–Crippen LogP) is 3.65. The van der Waals surface area contributed by atoms with Gasteiger partial charge in [-0.1, -0.05) is 53.2 Å². The van der Waals surface area contributed by atoms with Gasteiger partial charge in [0, 0.05) is 21.0 Å². The zero-order valence-electron chi connectivity index (χ0n) is 13.5. The van der Waals surface area contributed by atoms with Gasteiger partial charge in [0.25, 0.3) is 5.91 Å². The Hall–Kier alpha value is -2.54. The molecule has 0 saturated carbocycles. The van der Waals surface area contributed by atoms with Gasteiger partial charge in [-0.15, -0.1) is 0 Å². The van der Waals surface area contributed by atoms with E-state index in [1.165, 1.54) is 0 Å². The molecule has 2 atom stereocenters. The molecule has 0 bridgehead atoms. The van der Waals surface area contributed by atoms with E-state index in [4.69, 9.17) is 0 Å². The van der Waals surface area contributed by atoms with Gasteiger partial charge in [0.2, 0.25) is 12.3 Å². The molecule has 0 spiro atoms. The van der Waals surface area contributed by atoms with Gasteiger partial charge in [-0.2, -0.15) is 0 Å². The van der Waals surface area contributed by atoms with Crippen molar-refractivity contribution in [1.82, 2.24) is 0 Å². The summed E-state index contributed by atoms with van der Waals surface area (Å²) in [5, 5.41) is 13.5. The first kappa shape index (κ1) is 18.8. The number of benzene rings is 2. The summed E-state index contributed by atoms with van der Waals surface area (Å²) in [5.41, 5.74) is 1.15. The lowest BCUT2D eigenvalue weighted by Crippen LogP contribution is -2.33. The lowest BCUT2D eigenvalue weighted by Gasteiger charge is -2.19. The number of Topliss-reactive ketones (excluding diaryl/α,β-unsaturated/α-hetero) is 1. The van der Waals surface area contributed by atoms with Gasteiger partial charge >= 0.3 is 0 Å². The average Bonchev–Trinajstić information content (AvgIpc) is 2.60. The SMILES string of the molecule is C[C@@H](C(=O)C(=O)Nc1ccccc1)[C@H](C[N+](=O)[O-])c1ccc(Br)cc1. The number of anilines is 1. The number of halogens is 1. The van der Waals surface area contributed by atoms with E-state index in [0.29, 0.717) is 11.3 Å². The molecule has 0 aliphatic carbocycles. The highest BCUT2D eigenvalue weighted by molar-refractivity contribution is 9.10. The van der Waals surface area contributed by atoms with Gasteiger partial charge in [-0.25, -0.2) is 0 Å². The Kier molecular flexibility index (Phi) is 6.41. The summed E-state index contributed by atoms with van der Waals surface area (Å²) in [6, 6.07) is 15.5. The number of hydrogen-bond donors (Lipinski definition) is 1. The molecule has 0 aliphatic heterocycles. The highest BCUT2D eigenvalue weighted by Gasteiger charge is 2.33. The molecule has 0 aliphatic rings. The number of nitrogens with one attached hydrogen (secondary N) is 1. The predicted molar refractivity (Wildman–Crippen MR) is 98.0 cm³/mol. The monoisotopic (exact) mass is 404 g/mol. The van der Waals surface area contributed by atoms with E-state index in [9.17, 15) is 19.7 Å². The summed E-state index contributed by atoms with van der Waals surface area (Å²) in [7, 11) is 0. The van der Waals surface area contributed by atoms with Crippen molar-refractivity contribution >= 4 is 33.3 Å². The summed E-state index contributed by atoms with van der Waals surface area (Å²) >= 11 is 3.31. The number of nitrogens with zero attached hydrogens (tertiary/aromatic N) is 1. The highest BCUT2D eigenvalue weighted by atomic mass is 79.9. The molecule has 0 radical (unpaired) electrons. The minimum atomic E-state index is -0.824. The minimum Gasteiger partial charge on any atom is -0.319 e. The van der Waals surface area contributed by atoms with Gasteiger partial charge in [0.15, 0.2) is 0 Å². The number of hydrogen-bond acceptors (Lipinski definition) is 4. The second-order valence-electron chi connectivity index (χ2n) is 5.65. The zero-order chi connectivity index (χ0) is 18.4. The molecular weight excluding hydrogens is 388 g/mol. The van der Waals surface area contributed by atoms with Crippen molar-refractivity contribution in [1.29, 1.82) is 0 Å². The lowest BCUT2D eigenvalue weighted by molar-refractivity contribution is -0.484. The van der Waals surface area contributed by atoms with Crippen LogP contribution in [0.25, 0.3) is 0 Å². The molecule has 7 heteroatoms. The normalized spacial score (nSPS) is 12.9. The Balaban J connectivity index is 2.18. The number of rotatable bonds is 7. The van der Waals surface area contributed by atoms with Gasteiger partial charge < -0.3 is 5.32 Å². The van der Waals surface area contributed by atoms with Crippen LogP contribution < -0.4 is 5.32 Å². The van der Waals surface area contributed by atoms with Gasteiger partial charge in [0.1, 0.15) is 0 Å². The third-order valence-corrected chi connectivity index (χ3v) is 4.45. The molecule has 2 aromatic rings. The topological polar surface area (TPSA) is 89.3 Å². The molecule has 1 amide bonds. The van der Waals surface area contributed by atoms with Crippen molar-refractivity contribution in [3.05, 3.63) is 74.7 Å². The Bertz CT molecular complexity index is 762. The maximum absolute atomic E-state index is 12.5. The molecule has 0 saturated heterocycles. The van der Waals surface area contributed by atoms with E-state index in [2.05, 4.69) is 21.2 Å². The maximum atomic E-state index is 12.5. The molecule has 0 unspecified atom stereocenters. The van der Waals surface area contributed by atoms with Crippen LogP contribution in [0.1, 0.15) is 18.4 Å². The Labute approximate surface area is 153 Å². The van der Waals surface area contributed by atoms with E-state index in [-0.39, 0.29) is 0 Å². The van der Waals surface area contributed by atoms with Crippen molar-refractivity contribution in [3.8, 4) is 0 Å². The van der Waals surface area contributed by atoms with E-state index >= 15 is 0 Å². The standard InChI is InChI=1S/C18H17BrN2O4/c1-12(17(22)18(23)20-15-5-3-2-4-6-15)16(11-21(24)25)13-7-9-14(19)10-8-13/h2-10,12,16H,11H2,1H3,(H,20,23)/t12-,16+/m1/s1. The number of carbonyl (C=O) groups excluding carboxylic acids is 2. The molecule has 0 fully saturated rings. The summed E-state index contributed by atoms with van der Waals surface area (Å²) in [5.74, 6) is -2.96. The molecule has 6 nitrogen and oxygen atoms in total. The Morgan fingerprint density at radius 3 is 2.28 bits per heavy atom. The Morgan fingerprint density at radius 1 is 1.12 bits per heavy atom. The van der Waals surface area contributed by atoms with Crippen LogP contribution in [0.2, 0.25) is 0 Å². The van der Waals surface area contributed by atoms with Gasteiger partial charge in [-0.3, -0.25) is 19.7 Å². The second-order valence-corrected chi connectivity index (χ2v) is 6.56. The molecule has 25 heavy (non-hydrogen) atoms. The number of nitro groups is 1. The largest absolute Gasteiger partial charge is 0.319 e. The zero-order valence-corrected chi connectivity index (χ0v) is 15.1. The van der Waals surface area contributed by atoms with Crippen LogP contribution in [0.3, 0.4) is 0 Å². The first-order chi connectivity index (χ1) is 11.9. The average molecular weight is 405 g/mol. The van der Waals surface area contributed by atoms with Crippen molar-refractivity contribution in [2.24, 2.45) is 5.92 Å².